The molecule has 2 aromatic carbocycles. The Morgan fingerprint density at radius 2 is 1.26 bits per heavy atom. The third kappa shape index (κ3) is 6.08. The number of benzene rings is 2. The second-order valence-electron chi connectivity index (χ2n) is 9.73. The fraction of sp³-hybridized carbons (Fsp3) is 0.500. The van der Waals surface area contributed by atoms with Crippen LogP contribution in [0.5, 0.6) is 5.75 Å². The van der Waals surface area contributed by atoms with Gasteiger partial charge in [0, 0.05) is 0 Å². The van der Waals surface area contributed by atoms with Crippen molar-refractivity contribution in [1.82, 2.24) is 0 Å². The maximum atomic E-state index is 8.99. The molecule has 148 valence electrons. The van der Waals surface area contributed by atoms with Crippen molar-refractivity contribution in [3.63, 3.8) is 0 Å². The third-order valence-corrected chi connectivity index (χ3v) is 4.89. The summed E-state index contributed by atoms with van der Waals surface area (Å²) < 4.78 is 5.93. The van der Waals surface area contributed by atoms with E-state index in [0.29, 0.717) is 12.0 Å². The molecule has 0 aliphatic heterocycles. The SMILES string of the molecule is CC(C)(C)CC(C)(C)c1ccc(OCc2ccc(C(C)(C)OO)cc2)cc1. The van der Waals surface area contributed by atoms with Crippen molar-refractivity contribution >= 4 is 0 Å². The van der Waals surface area contributed by atoms with Gasteiger partial charge >= 0.3 is 0 Å². The van der Waals surface area contributed by atoms with Crippen LogP contribution in [0.2, 0.25) is 0 Å². The minimum atomic E-state index is -0.713. The average molecular weight is 371 g/mol. The van der Waals surface area contributed by atoms with Gasteiger partial charge in [-0.1, -0.05) is 71.0 Å². The standard InChI is InChI=1S/C24H34O3/c1-22(2,3)17-23(4,5)19-12-14-21(15-13-19)26-16-18-8-10-20(11-9-18)24(6,7)27-25/h8-15,25H,16-17H2,1-7H3. The van der Waals surface area contributed by atoms with Crippen molar-refractivity contribution in [2.75, 3.05) is 0 Å². The summed E-state index contributed by atoms with van der Waals surface area (Å²) in [4.78, 5) is 4.53. The van der Waals surface area contributed by atoms with E-state index in [1.54, 1.807) is 0 Å². The Morgan fingerprint density at radius 3 is 1.74 bits per heavy atom. The molecule has 0 amide bonds. The highest BCUT2D eigenvalue weighted by atomic mass is 17.1. The van der Waals surface area contributed by atoms with Crippen LogP contribution in [0.15, 0.2) is 48.5 Å². The minimum Gasteiger partial charge on any atom is -0.489 e. The molecule has 27 heavy (non-hydrogen) atoms. The molecule has 0 unspecified atom stereocenters. The van der Waals surface area contributed by atoms with E-state index < -0.39 is 5.60 Å². The molecule has 1 N–H and O–H groups in total. The number of hydrogen-bond acceptors (Lipinski definition) is 3. The van der Waals surface area contributed by atoms with Crippen LogP contribution in [0.25, 0.3) is 0 Å². The Bertz CT molecular complexity index is 720. The molecular formula is C24H34O3. The predicted octanol–water partition coefficient (Wildman–Crippen LogP) is 6.70. The number of rotatable bonds is 7. The normalized spacial score (nSPS) is 12.9. The fourth-order valence-corrected chi connectivity index (χ4v) is 3.65. The summed E-state index contributed by atoms with van der Waals surface area (Å²) in [6.45, 7) is 15.6. The van der Waals surface area contributed by atoms with Crippen LogP contribution in [-0.2, 0) is 22.5 Å². The maximum Gasteiger partial charge on any atom is 0.123 e. The highest BCUT2D eigenvalue weighted by molar-refractivity contribution is 5.32. The van der Waals surface area contributed by atoms with E-state index in [2.05, 4.69) is 63.8 Å². The molecule has 2 aromatic rings. The molecular weight excluding hydrogens is 336 g/mol. The Labute approximate surface area is 164 Å². The highest BCUT2D eigenvalue weighted by Gasteiger charge is 2.27. The molecule has 0 aliphatic carbocycles. The van der Waals surface area contributed by atoms with Gasteiger partial charge in [-0.25, -0.2) is 4.89 Å². The van der Waals surface area contributed by atoms with E-state index in [9.17, 15) is 0 Å². The lowest BCUT2D eigenvalue weighted by Gasteiger charge is -2.33. The van der Waals surface area contributed by atoms with Crippen LogP contribution in [0.4, 0.5) is 0 Å². The van der Waals surface area contributed by atoms with Gasteiger partial charge in [0.25, 0.3) is 0 Å². The second kappa shape index (κ2) is 8.04. The molecule has 0 radical (unpaired) electrons. The molecule has 0 aliphatic rings. The molecule has 0 fully saturated rings. The smallest absolute Gasteiger partial charge is 0.123 e. The van der Waals surface area contributed by atoms with Crippen LogP contribution < -0.4 is 4.74 Å². The summed E-state index contributed by atoms with van der Waals surface area (Å²) in [5, 5.41) is 8.99. The zero-order valence-electron chi connectivity index (χ0n) is 17.8. The Morgan fingerprint density at radius 1 is 0.741 bits per heavy atom. The molecule has 2 rings (SSSR count). The van der Waals surface area contributed by atoms with Crippen molar-refractivity contribution < 1.29 is 14.9 Å². The van der Waals surface area contributed by atoms with Gasteiger partial charge in [-0.3, -0.25) is 5.26 Å². The largest absolute Gasteiger partial charge is 0.489 e. The van der Waals surface area contributed by atoms with Crippen LogP contribution in [0, 0.1) is 5.41 Å². The van der Waals surface area contributed by atoms with E-state index in [1.807, 2.05) is 38.1 Å². The molecule has 0 spiro atoms. The van der Waals surface area contributed by atoms with Gasteiger partial charge in [-0.2, -0.15) is 0 Å². The Hall–Kier alpha value is -1.84. The quantitative estimate of drug-likeness (QED) is 0.435. The van der Waals surface area contributed by atoms with E-state index in [0.717, 1.165) is 23.3 Å². The summed E-state index contributed by atoms with van der Waals surface area (Å²) in [5.74, 6) is 0.869. The second-order valence-corrected chi connectivity index (χ2v) is 9.73. The Balaban J connectivity index is 1.99. The first-order chi connectivity index (χ1) is 12.4. The summed E-state index contributed by atoms with van der Waals surface area (Å²) >= 11 is 0. The molecule has 0 saturated carbocycles. The van der Waals surface area contributed by atoms with E-state index in [-0.39, 0.29) is 5.41 Å². The van der Waals surface area contributed by atoms with Crippen LogP contribution in [-0.4, -0.2) is 5.26 Å². The van der Waals surface area contributed by atoms with Gasteiger partial charge < -0.3 is 4.74 Å². The van der Waals surface area contributed by atoms with Gasteiger partial charge in [-0.05, 0) is 59.9 Å². The lowest BCUT2D eigenvalue weighted by Crippen LogP contribution is -2.24. The van der Waals surface area contributed by atoms with Gasteiger partial charge in [0.05, 0.1) is 0 Å². The van der Waals surface area contributed by atoms with Crippen LogP contribution in [0.3, 0.4) is 0 Å². The van der Waals surface area contributed by atoms with E-state index >= 15 is 0 Å². The van der Waals surface area contributed by atoms with Gasteiger partial charge in [0.2, 0.25) is 0 Å². The summed E-state index contributed by atoms with van der Waals surface area (Å²) in [7, 11) is 0. The third-order valence-electron chi connectivity index (χ3n) is 4.89. The minimum absolute atomic E-state index is 0.133. The first-order valence-corrected chi connectivity index (χ1v) is 9.58. The molecule has 0 bridgehead atoms. The predicted molar refractivity (Wildman–Crippen MR) is 111 cm³/mol. The number of ether oxygens (including phenoxy) is 1. The molecule has 3 heteroatoms. The van der Waals surface area contributed by atoms with Crippen LogP contribution in [0.1, 0.15) is 71.6 Å². The Kier molecular flexibility index (Phi) is 6.39. The lowest BCUT2D eigenvalue weighted by molar-refractivity contribution is -0.318. The summed E-state index contributed by atoms with van der Waals surface area (Å²) in [6.07, 6.45) is 1.13. The van der Waals surface area contributed by atoms with Crippen molar-refractivity contribution in [1.29, 1.82) is 0 Å². The molecule has 0 heterocycles. The van der Waals surface area contributed by atoms with E-state index in [4.69, 9.17) is 9.99 Å². The summed E-state index contributed by atoms with van der Waals surface area (Å²) in [6, 6.07) is 16.3. The highest BCUT2D eigenvalue weighted by Crippen LogP contribution is 2.36. The molecule has 0 aromatic heterocycles. The van der Waals surface area contributed by atoms with Gasteiger partial charge in [0.1, 0.15) is 18.0 Å². The van der Waals surface area contributed by atoms with Crippen molar-refractivity contribution in [2.24, 2.45) is 5.41 Å². The zero-order chi connectivity index (χ0) is 20.3. The molecule has 0 atom stereocenters. The topological polar surface area (TPSA) is 38.7 Å². The molecule has 3 nitrogen and oxygen atoms in total. The van der Waals surface area contributed by atoms with Crippen molar-refractivity contribution in [3.05, 3.63) is 65.2 Å². The fourth-order valence-electron chi connectivity index (χ4n) is 3.65. The summed E-state index contributed by atoms with van der Waals surface area (Å²) in [5.41, 5.74) is 3.04. The zero-order valence-corrected chi connectivity index (χ0v) is 17.8. The maximum absolute atomic E-state index is 8.99. The monoisotopic (exact) mass is 370 g/mol. The van der Waals surface area contributed by atoms with Gasteiger partial charge in [-0.15, -0.1) is 0 Å². The van der Waals surface area contributed by atoms with Crippen LogP contribution >= 0.6 is 0 Å². The van der Waals surface area contributed by atoms with Crippen molar-refractivity contribution in [3.8, 4) is 5.75 Å². The van der Waals surface area contributed by atoms with Gasteiger partial charge in [0.15, 0.2) is 0 Å². The first kappa shape index (κ1) is 21.5. The first-order valence-electron chi connectivity index (χ1n) is 9.58. The average Bonchev–Trinajstić information content (AvgIpc) is 2.58. The lowest BCUT2D eigenvalue weighted by atomic mass is 9.72. The van der Waals surface area contributed by atoms with E-state index in [1.165, 1.54) is 5.56 Å². The van der Waals surface area contributed by atoms with Crippen molar-refractivity contribution in [2.45, 2.75) is 72.5 Å². The number of hydrogen-bond donors (Lipinski definition) is 1. The molecule has 0 saturated heterocycles.